The lowest BCUT2D eigenvalue weighted by molar-refractivity contribution is 0.594. The van der Waals surface area contributed by atoms with Gasteiger partial charge in [0.25, 0.3) is 0 Å². The van der Waals surface area contributed by atoms with Crippen LogP contribution in [0.2, 0.25) is 0 Å². The number of amidine groups is 1. The molecule has 0 aliphatic carbocycles. The molecule has 3 aromatic carbocycles. The number of allylic oxidation sites excluding steroid dienone is 7. The minimum Gasteiger partial charge on any atom is -0.455 e. The summed E-state index contributed by atoms with van der Waals surface area (Å²) < 4.78 is 13.1. The molecule has 0 aliphatic heterocycles. The molecule has 2 aromatic heterocycles. The summed E-state index contributed by atoms with van der Waals surface area (Å²) in [5.41, 5.74) is 15.0. The molecule has 46 heavy (non-hydrogen) atoms. The number of furan rings is 2. The molecule has 0 aliphatic rings. The number of aliphatic imine (C=N–C) groups is 1. The summed E-state index contributed by atoms with van der Waals surface area (Å²) in [6.45, 7) is 19.9. The van der Waals surface area contributed by atoms with Crippen molar-refractivity contribution in [2.75, 3.05) is 0 Å². The molecule has 2 heterocycles. The predicted octanol–water partition coefficient (Wildman–Crippen LogP) is 11.6. The summed E-state index contributed by atoms with van der Waals surface area (Å²) in [4.78, 5) is 4.93. The third kappa shape index (κ3) is 6.19. The monoisotopic (exact) mass is 602 g/mol. The standard InChI is InChI=1S/C42H38N2O2/c1-7-17-28(10-4)24-25-36(44-42(43)29-20-14-13-15-21-29)30-22-16-23-31(26-30)39-40-34(32(11-5)37(45-40)18-8-2)27-35-33(12-6)38(19-9-3)46-41(35)39/h7-23,25-27H,1,4-6,24H2,2-3H3,(H2,43,44)/b18-8-,19-9-,28-17+,36-25-. The quantitative estimate of drug-likeness (QED) is 0.0877. The van der Waals surface area contributed by atoms with Gasteiger partial charge in [-0.1, -0.05) is 123 Å². The second kappa shape index (κ2) is 14.3. The van der Waals surface area contributed by atoms with E-state index in [0.717, 1.165) is 66.9 Å². The van der Waals surface area contributed by atoms with E-state index in [4.69, 9.17) is 19.6 Å². The van der Waals surface area contributed by atoms with Crippen LogP contribution in [0.15, 0.2) is 143 Å². The van der Waals surface area contributed by atoms with Crippen molar-refractivity contribution in [3.05, 3.63) is 163 Å². The Labute approximate surface area is 271 Å². The van der Waals surface area contributed by atoms with Gasteiger partial charge in [0.2, 0.25) is 0 Å². The first-order valence-electron chi connectivity index (χ1n) is 15.2. The predicted molar refractivity (Wildman–Crippen MR) is 199 cm³/mol. The molecular formula is C42H38N2O2. The molecule has 5 rings (SSSR count). The van der Waals surface area contributed by atoms with Gasteiger partial charge in [-0.3, -0.25) is 0 Å². The highest BCUT2D eigenvalue weighted by atomic mass is 16.3. The van der Waals surface area contributed by atoms with E-state index >= 15 is 0 Å². The van der Waals surface area contributed by atoms with Crippen molar-refractivity contribution in [1.82, 2.24) is 0 Å². The number of hydrogen-bond acceptors (Lipinski definition) is 3. The van der Waals surface area contributed by atoms with Crippen LogP contribution in [0.5, 0.6) is 0 Å². The molecule has 0 atom stereocenters. The molecule has 0 fully saturated rings. The number of benzene rings is 3. The van der Waals surface area contributed by atoms with Crippen LogP contribution in [-0.4, -0.2) is 5.84 Å². The van der Waals surface area contributed by atoms with Crippen LogP contribution in [0.4, 0.5) is 0 Å². The molecule has 228 valence electrons. The molecule has 0 saturated heterocycles. The van der Waals surface area contributed by atoms with Gasteiger partial charge in [-0.15, -0.1) is 0 Å². The zero-order valence-corrected chi connectivity index (χ0v) is 26.4. The van der Waals surface area contributed by atoms with E-state index < -0.39 is 0 Å². The Kier molecular flexibility index (Phi) is 9.79. The van der Waals surface area contributed by atoms with Crippen LogP contribution in [-0.2, 0) is 0 Å². The fourth-order valence-electron chi connectivity index (χ4n) is 5.54. The van der Waals surface area contributed by atoms with Crippen molar-refractivity contribution in [3.8, 4) is 11.1 Å². The molecule has 4 heteroatoms. The van der Waals surface area contributed by atoms with Crippen LogP contribution in [0.25, 0.3) is 63.1 Å². The molecule has 0 spiro atoms. The van der Waals surface area contributed by atoms with Gasteiger partial charge in [0.05, 0.1) is 11.3 Å². The number of nitrogens with zero attached hydrogens (tertiary/aromatic N) is 1. The Morgan fingerprint density at radius 3 is 1.93 bits per heavy atom. The summed E-state index contributed by atoms with van der Waals surface area (Å²) >= 11 is 0. The maximum Gasteiger partial charge on any atom is 0.147 e. The lowest BCUT2D eigenvalue weighted by Gasteiger charge is -2.10. The molecule has 0 unspecified atom stereocenters. The van der Waals surface area contributed by atoms with Crippen LogP contribution in [0.3, 0.4) is 0 Å². The van der Waals surface area contributed by atoms with E-state index in [2.05, 4.69) is 50.6 Å². The van der Waals surface area contributed by atoms with Gasteiger partial charge in [0.15, 0.2) is 0 Å². The minimum atomic E-state index is 0.421. The second-order valence-corrected chi connectivity index (χ2v) is 10.6. The van der Waals surface area contributed by atoms with E-state index in [1.807, 2.05) is 105 Å². The first-order chi connectivity index (χ1) is 22.5. The van der Waals surface area contributed by atoms with Crippen LogP contribution in [0.1, 0.15) is 54.0 Å². The smallest absolute Gasteiger partial charge is 0.147 e. The Morgan fingerprint density at radius 2 is 1.39 bits per heavy atom. The van der Waals surface area contributed by atoms with Crippen molar-refractivity contribution in [2.24, 2.45) is 10.7 Å². The van der Waals surface area contributed by atoms with Gasteiger partial charge >= 0.3 is 0 Å². The third-order valence-electron chi connectivity index (χ3n) is 7.69. The molecule has 0 amide bonds. The Balaban J connectivity index is 1.80. The van der Waals surface area contributed by atoms with Crippen molar-refractivity contribution >= 4 is 57.8 Å². The highest BCUT2D eigenvalue weighted by molar-refractivity contribution is 6.14. The molecule has 4 nitrogen and oxygen atoms in total. The summed E-state index contributed by atoms with van der Waals surface area (Å²) in [6.07, 6.45) is 19.7. The van der Waals surface area contributed by atoms with Gasteiger partial charge in [0.1, 0.15) is 28.5 Å². The van der Waals surface area contributed by atoms with Crippen LogP contribution in [0, 0.1) is 0 Å². The molecule has 2 N–H and O–H groups in total. The zero-order chi connectivity index (χ0) is 32.6. The van der Waals surface area contributed by atoms with Gasteiger partial charge in [-0.05, 0) is 55.7 Å². The SMILES string of the molecule is C=C/C=C(\C=C)C/C=C(\N=C(N)c1ccccc1)c1cccc(-c2c3oc(/C=C\C)c(C=C)c3cc3c(C=C)c(/C=C\C)oc23)c1. The van der Waals surface area contributed by atoms with Crippen molar-refractivity contribution < 1.29 is 8.83 Å². The average molecular weight is 603 g/mol. The van der Waals surface area contributed by atoms with Crippen molar-refractivity contribution in [2.45, 2.75) is 20.3 Å². The normalized spacial score (nSPS) is 12.9. The van der Waals surface area contributed by atoms with Gasteiger partial charge < -0.3 is 14.6 Å². The summed E-state index contributed by atoms with van der Waals surface area (Å²) in [5, 5.41) is 1.89. The Hall–Kier alpha value is -5.87. The summed E-state index contributed by atoms with van der Waals surface area (Å²) in [6, 6.07) is 20.1. The fraction of sp³-hybridized carbons (Fsp3) is 0.0714. The van der Waals surface area contributed by atoms with E-state index in [1.54, 1.807) is 6.08 Å². The van der Waals surface area contributed by atoms with E-state index in [0.29, 0.717) is 23.4 Å². The highest BCUT2D eigenvalue weighted by Gasteiger charge is 2.23. The summed E-state index contributed by atoms with van der Waals surface area (Å²) in [5.74, 6) is 1.89. The highest BCUT2D eigenvalue weighted by Crippen LogP contribution is 2.44. The number of nitrogens with two attached hydrogens (primary N) is 1. The van der Waals surface area contributed by atoms with Gasteiger partial charge in [0, 0.05) is 33.0 Å². The molecular weight excluding hydrogens is 564 g/mol. The first-order valence-corrected chi connectivity index (χ1v) is 15.2. The number of rotatable bonds is 12. The lowest BCUT2D eigenvalue weighted by atomic mass is 9.95. The second-order valence-electron chi connectivity index (χ2n) is 10.6. The fourth-order valence-corrected chi connectivity index (χ4v) is 5.54. The maximum atomic E-state index is 6.56. The Morgan fingerprint density at radius 1 is 0.783 bits per heavy atom. The largest absolute Gasteiger partial charge is 0.455 e. The van der Waals surface area contributed by atoms with Crippen molar-refractivity contribution in [3.63, 3.8) is 0 Å². The maximum absolute atomic E-state index is 6.56. The first kappa shape index (κ1) is 31.6. The van der Waals surface area contributed by atoms with Gasteiger partial charge in [-0.2, -0.15) is 0 Å². The zero-order valence-electron chi connectivity index (χ0n) is 26.4. The molecule has 0 bridgehead atoms. The topological polar surface area (TPSA) is 64.7 Å². The van der Waals surface area contributed by atoms with E-state index in [9.17, 15) is 0 Å². The molecule has 0 radical (unpaired) electrons. The molecule has 0 saturated carbocycles. The minimum absolute atomic E-state index is 0.421. The van der Waals surface area contributed by atoms with E-state index in [1.165, 1.54) is 0 Å². The Bertz CT molecular complexity index is 2030. The number of fused-ring (bicyclic) bond motifs is 2. The van der Waals surface area contributed by atoms with E-state index in [-0.39, 0.29) is 0 Å². The van der Waals surface area contributed by atoms with Crippen LogP contribution < -0.4 is 5.73 Å². The number of hydrogen-bond donors (Lipinski definition) is 1. The molecule has 5 aromatic rings. The van der Waals surface area contributed by atoms with Gasteiger partial charge in [-0.25, -0.2) is 4.99 Å². The van der Waals surface area contributed by atoms with Crippen molar-refractivity contribution in [1.29, 1.82) is 0 Å². The lowest BCUT2D eigenvalue weighted by Crippen LogP contribution is -2.13. The summed E-state index contributed by atoms with van der Waals surface area (Å²) in [7, 11) is 0. The average Bonchev–Trinajstić information content (AvgIpc) is 3.61. The van der Waals surface area contributed by atoms with Crippen LogP contribution >= 0.6 is 0 Å². The third-order valence-corrected chi connectivity index (χ3v) is 7.69.